The standard InChI is InChI=1S/C12H21NO/c1-11(14-2)9-12(10-13)7-5-3-4-6-8-12/h11H,3-9H2,1-2H3. The molecule has 1 atom stereocenters. The minimum atomic E-state index is -0.0913. The Morgan fingerprint density at radius 1 is 1.29 bits per heavy atom. The quantitative estimate of drug-likeness (QED) is 0.647. The van der Waals surface area contributed by atoms with Gasteiger partial charge in [-0.15, -0.1) is 0 Å². The van der Waals surface area contributed by atoms with Gasteiger partial charge in [-0.25, -0.2) is 0 Å². The van der Waals surface area contributed by atoms with Gasteiger partial charge < -0.3 is 4.74 Å². The van der Waals surface area contributed by atoms with Crippen molar-refractivity contribution >= 4 is 0 Å². The molecule has 0 bridgehead atoms. The van der Waals surface area contributed by atoms with Gasteiger partial charge in [0.25, 0.3) is 0 Å². The number of hydrogen-bond acceptors (Lipinski definition) is 2. The molecule has 2 heteroatoms. The molecule has 1 aliphatic carbocycles. The number of nitrogens with zero attached hydrogens (tertiary/aromatic N) is 1. The van der Waals surface area contributed by atoms with E-state index in [0.29, 0.717) is 0 Å². The third-order valence-electron chi connectivity index (χ3n) is 3.38. The first-order valence-electron chi connectivity index (χ1n) is 5.66. The normalized spacial score (nSPS) is 23.5. The summed E-state index contributed by atoms with van der Waals surface area (Å²) in [6.45, 7) is 2.06. The molecule has 0 radical (unpaired) electrons. The highest BCUT2D eigenvalue weighted by molar-refractivity contribution is 5.00. The van der Waals surface area contributed by atoms with Gasteiger partial charge in [-0.05, 0) is 26.2 Å². The number of rotatable bonds is 3. The van der Waals surface area contributed by atoms with Crippen molar-refractivity contribution in [2.75, 3.05) is 7.11 Å². The minimum Gasteiger partial charge on any atom is -0.382 e. The van der Waals surface area contributed by atoms with E-state index in [4.69, 9.17) is 4.74 Å². The van der Waals surface area contributed by atoms with Crippen LogP contribution in [-0.2, 0) is 4.74 Å². The monoisotopic (exact) mass is 195 g/mol. The fourth-order valence-corrected chi connectivity index (χ4v) is 2.40. The van der Waals surface area contributed by atoms with Crippen LogP contribution in [0, 0.1) is 16.7 Å². The number of ether oxygens (including phenoxy) is 1. The van der Waals surface area contributed by atoms with Crippen LogP contribution in [0.1, 0.15) is 51.9 Å². The van der Waals surface area contributed by atoms with Crippen molar-refractivity contribution < 1.29 is 4.74 Å². The molecule has 0 N–H and O–H groups in total. The van der Waals surface area contributed by atoms with Crippen LogP contribution < -0.4 is 0 Å². The van der Waals surface area contributed by atoms with E-state index in [1.165, 1.54) is 25.7 Å². The van der Waals surface area contributed by atoms with E-state index in [1.54, 1.807) is 7.11 Å². The second kappa shape index (κ2) is 5.36. The largest absolute Gasteiger partial charge is 0.382 e. The van der Waals surface area contributed by atoms with Crippen LogP contribution in [0.15, 0.2) is 0 Å². The SMILES string of the molecule is COC(C)CC1(C#N)CCCCCC1. The van der Waals surface area contributed by atoms with E-state index in [9.17, 15) is 5.26 Å². The first-order valence-corrected chi connectivity index (χ1v) is 5.66. The summed E-state index contributed by atoms with van der Waals surface area (Å²) in [5.41, 5.74) is -0.0913. The van der Waals surface area contributed by atoms with Gasteiger partial charge in [0, 0.05) is 7.11 Å². The van der Waals surface area contributed by atoms with Crippen molar-refractivity contribution in [1.82, 2.24) is 0 Å². The molecule has 1 fully saturated rings. The Balaban J connectivity index is 2.59. The molecule has 80 valence electrons. The Morgan fingerprint density at radius 3 is 2.29 bits per heavy atom. The van der Waals surface area contributed by atoms with E-state index in [1.807, 2.05) is 0 Å². The van der Waals surface area contributed by atoms with Crippen molar-refractivity contribution in [2.24, 2.45) is 5.41 Å². The van der Waals surface area contributed by atoms with E-state index in [0.717, 1.165) is 19.3 Å². The summed E-state index contributed by atoms with van der Waals surface area (Å²) in [6, 6.07) is 2.54. The van der Waals surface area contributed by atoms with Crippen molar-refractivity contribution in [3.63, 3.8) is 0 Å². The third kappa shape index (κ3) is 2.99. The summed E-state index contributed by atoms with van der Waals surface area (Å²) in [7, 11) is 1.73. The molecule has 0 spiro atoms. The zero-order valence-electron chi connectivity index (χ0n) is 9.38. The molecule has 0 saturated heterocycles. The Hall–Kier alpha value is -0.550. The highest BCUT2D eigenvalue weighted by Crippen LogP contribution is 2.38. The van der Waals surface area contributed by atoms with Gasteiger partial charge in [0.15, 0.2) is 0 Å². The van der Waals surface area contributed by atoms with Crippen LogP contribution in [0.4, 0.5) is 0 Å². The predicted molar refractivity (Wildman–Crippen MR) is 56.8 cm³/mol. The molecule has 1 unspecified atom stereocenters. The highest BCUT2D eigenvalue weighted by atomic mass is 16.5. The van der Waals surface area contributed by atoms with E-state index >= 15 is 0 Å². The molecule has 0 heterocycles. The van der Waals surface area contributed by atoms with Crippen molar-refractivity contribution in [2.45, 2.75) is 58.0 Å². The maximum absolute atomic E-state index is 9.31. The van der Waals surface area contributed by atoms with Crippen molar-refractivity contribution in [1.29, 1.82) is 5.26 Å². The molecule has 0 aromatic carbocycles. The molecule has 0 aromatic rings. The maximum Gasteiger partial charge on any atom is 0.0690 e. The molecule has 2 nitrogen and oxygen atoms in total. The highest BCUT2D eigenvalue weighted by Gasteiger charge is 2.32. The summed E-state index contributed by atoms with van der Waals surface area (Å²) >= 11 is 0. The predicted octanol–water partition coefficient (Wildman–Crippen LogP) is 3.28. The molecular weight excluding hydrogens is 174 g/mol. The second-order valence-corrected chi connectivity index (χ2v) is 4.56. The lowest BCUT2D eigenvalue weighted by Gasteiger charge is -2.27. The summed E-state index contributed by atoms with van der Waals surface area (Å²) in [5.74, 6) is 0. The van der Waals surface area contributed by atoms with Crippen LogP contribution in [0.5, 0.6) is 0 Å². The maximum atomic E-state index is 9.31. The van der Waals surface area contributed by atoms with Crippen LogP contribution in [-0.4, -0.2) is 13.2 Å². The zero-order valence-corrected chi connectivity index (χ0v) is 9.38. The third-order valence-corrected chi connectivity index (χ3v) is 3.38. The summed E-state index contributed by atoms with van der Waals surface area (Å²) in [6.07, 6.45) is 8.27. The fourth-order valence-electron chi connectivity index (χ4n) is 2.40. The molecule has 1 aliphatic rings. The summed E-state index contributed by atoms with van der Waals surface area (Å²) < 4.78 is 5.27. The second-order valence-electron chi connectivity index (χ2n) is 4.56. The van der Waals surface area contributed by atoms with Gasteiger partial charge in [0.1, 0.15) is 0 Å². The topological polar surface area (TPSA) is 33.0 Å². The molecular formula is C12H21NO. The van der Waals surface area contributed by atoms with Crippen LogP contribution >= 0.6 is 0 Å². The molecule has 1 saturated carbocycles. The Morgan fingerprint density at radius 2 is 1.86 bits per heavy atom. The zero-order chi connectivity index (χ0) is 10.4. The Kier molecular flexibility index (Phi) is 4.41. The molecule has 1 rings (SSSR count). The van der Waals surface area contributed by atoms with E-state index in [2.05, 4.69) is 13.0 Å². The molecule has 0 aliphatic heterocycles. The van der Waals surface area contributed by atoms with Crippen LogP contribution in [0.25, 0.3) is 0 Å². The lowest BCUT2D eigenvalue weighted by molar-refractivity contribution is 0.0760. The molecule has 0 aromatic heterocycles. The van der Waals surface area contributed by atoms with Crippen molar-refractivity contribution in [3.8, 4) is 6.07 Å². The Bertz CT molecular complexity index is 199. The van der Waals surface area contributed by atoms with E-state index in [-0.39, 0.29) is 11.5 Å². The van der Waals surface area contributed by atoms with Gasteiger partial charge >= 0.3 is 0 Å². The van der Waals surface area contributed by atoms with E-state index < -0.39 is 0 Å². The van der Waals surface area contributed by atoms with Gasteiger partial charge in [0.2, 0.25) is 0 Å². The number of nitriles is 1. The lowest BCUT2D eigenvalue weighted by Crippen LogP contribution is -2.24. The van der Waals surface area contributed by atoms with Crippen LogP contribution in [0.2, 0.25) is 0 Å². The summed E-state index contributed by atoms with van der Waals surface area (Å²) in [4.78, 5) is 0. The van der Waals surface area contributed by atoms with Gasteiger partial charge in [-0.3, -0.25) is 0 Å². The smallest absolute Gasteiger partial charge is 0.0690 e. The van der Waals surface area contributed by atoms with Crippen LogP contribution in [0.3, 0.4) is 0 Å². The average molecular weight is 195 g/mol. The minimum absolute atomic E-state index is 0.0913. The lowest BCUT2D eigenvalue weighted by atomic mass is 9.77. The van der Waals surface area contributed by atoms with Gasteiger partial charge in [0.05, 0.1) is 17.6 Å². The number of hydrogen-bond donors (Lipinski definition) is 0. The fraction of sp³-hybridized carbons (Fsp3) is 0.917. The number of methoxy groups -OCH3 is 1. The van der Waals surface area contributed by atoms with Gasteiger partial charge in [-0.2, -0.15) is 5.26 Å². The van der Waals surface area contributed by atoms with Gasteiger partial charge in [-0.1, -0.05) is 25.7 Å². The Labute approximate surface area is 87.3 Å². The first kappa shape index (κ1) is 11.5. The average Bonchev–Trinajstić information content (AvgIpc) is 2.44. The first-order chi connectivity index (χ1) is 6.72. The summed E-state index contributed by atoms with van der Waals surface area (Å²) in [5, 5.41) is 9.31. The van der Waals surface area contributed by atoms with Crippen molar-refractivity contribution in [3.05, 3.63) is 0 Å². The molecule has 0 amide bonds. The molecule has 14 heavy (non-hydrogen) atoms.